The molecule has 0 saturated carbocycles. The van der Waals surface area contributed by atoms with Crippen LogP contribution in [0.1, 0.15) is 5.56 Å². The highest BCUT2D eigenvalue weighted by Crippen LogP contribution is 2.18. The van der Waals surface area contributed by atoms with E-state index in [1.807, 2.05) is 42.7 Å². The fourth-order valence-corrected chi connectivity index (χ4v) is 2.24. The Morgan fingerprint density at radius 2 is 1.95 bits per heavy atom. The molecule has 1 aromatic heterocycles. The molecule has 0 saturated heterocycles. The van der Waals surface area contributed by atoms with Gasteiger partial charge < -0.3 is 5.32 Å². The Bertz CT molecular complexity index is 710. The number of hydrogen-bond donors (Lipinski definition) is 1. The fourth-order valence-electron chi connectivity index (χ4n) is 2.05. The monoisotopic (exact) mass is 268 g/mol. The van der Waals surface area contributed by atoms with Crippen molar-refractivity contribution in [2.45, 2.75) is 6.54 Å². The van der Waals surface area contributed by atoms with Crippen LogP contribution in [0.4, 0.5) is 5.69 Å². The van der Waals surface area contributed by atoms with Gasteiger partial charge >= 0.3 is 0 Å². The second-order valence-electron chi connectivity index (χ2n) is 4.42. The number of halogens is 1. The number of nitrogens with one attached hydrogen (secondary N) is 1. The van der Waals surface area contributed by atoms with E-state index in [0.717, 1.165) is 22.6 Å². The van der Waals surface area contributed by atoms with E-state index in [1.54, 1.807) is 0 Å². The Morgan fingerprint density at radius 3 is 2.84 bits per heavy atom. The maximum absolute atomic E-state index is 5.96. The SMILES string of the molecule is Clc1cccc(NCc2ccc3cnccc3c2)c1. The molecule has 0 spiro atoms. The zero-order chi connectivity index (χ0) is 13.1. The van der Waals surface area contributed by atoms with Crippen molar-refractivity contribution in [3.63, 3.8) is 0 Å². The van der Waals surface area contributed by atoms with E-state index in [1.165, 1.54) is 10.9 Å². The number of anilines is 1. The Balaban J connectivity index is 1.78. The van der Waals surface area contributed by atoms with Gasteiger partial charge in [-0.1, -0.05) is 29.8 Å². The zero-order valence-electron chi connectivity index (χ0n) is 10.3. The molecule has 0 unspecified atom stereocenters. The van der Waals surface area contributed by atoms with Gasteiger partial charge in [-0.3, -0.25) is 4.98 Å². The summed E-state index contributed by atoms with van der Waals surface area (Å²) in [7, 11) is 0. The summed E-state index contributed by atoms with van der Waals surface area (Å²) >= 11 is 5.96. The van der Waals surface area contributed by atoms with Crippen LogP contribution in [0.2, 0.25) is 5.02 Å². The van der Waals surface area contributed by atoms with Gasteiger partial charge in [-0.15, -0.1) is 0 Å². The van der Waals surface area contributed by atoms with Crippen molar-refractivity contribution < 1.29 is 0 Å². The first-order valence-corrected chi connectivity index (χ1v) is 6.51. The molecule has 0 radical (unpaired) electrons. The summed E-state index contributed by atoms with van der Waals surface area (Å²) in [6.07, 6.45) is 3.69. The lowest BCUT2D eigenvalue weighted by atomic mass is 10.1. The first-order chi connectivity index (χ1) is 9.31. The minimum Gasteiger partial charge on any atom is -0.381 e. The van der Waals surface area contributed by atoms with Gasteiger partial charge in [0.1, 0.15) is 0 Å². The summed E-state index contributed by atoms with van der Waals surface area (Å²) in [6, 6.07) is 16.2. The summed E-state index contributed by atoms with van der Waals surface area (Å²) in [4.78, 5) is 4.12. The number of pyridine rings is 1. The molecule has 3 aromatic rings. The van der Waals surface area contributed by atoms with Crippen molar-refractivity contribution >= 4 is 28.1 Å². The van der Waals surface area contributed by atoms with Crippen LogP contribution in [-0.2, 0) is 6.54 Å². The van der Waals surface area contributed by atoms with Gasteiger partial charge in [-0.25, -0.2) is 0 Å². The van der Waals surface area contributed by atoms with E-state index >= 15 is 0 Å². The van der Waals surface area contributed by atoms with Crippen LogP contribution in [0.3, 0.4) is 0 Å². The maximum Gasteiger partial charge on any atom is 0.0426 e. The highest BCUT2D eigenvalue weighted by Gasteiger charge is 1.98. The number of rotatable bonds is 3. The minimum atomic E-state index is 0.745. The topological polar surface area (TPSA) is 24.9 Å². The average molecular weight is 269 g/mol. The maximum atomic E-state index is 5.96. The number of aromatic nitrogens is 1. The molecule has 1 N–H and O–H groups in total. The average Bonchev–Trinajstić information content (AvgIpc) is 2.45. The zero-order valence-corrected chi connectivity index (χ0v) is 11.1. The van der Waals surface area contributed by atoms with Crippen LogP contribution in [0.15, 0.2) is 60.9 Å². The second-order valence-corrected chi connectivity index (χ2v) is 4.86. The number of nitrogens with zero attached hydrogens (tertiary/aromatic N) is 1. The molecule has 0 aliphatic carbocycles. The molecule has 94 valence electrons. The minimum absolute atomic E-state index is 0.745. The molecule has 1 heterocycles. The number of hydrogen-bond acceptors (Lipinski definition) is 2. The molecule has 0 fully saturated rings. The molecule has 2 aromatic carbocycles. The van der Waals surface area contributed by atoms with Crippen molar-refractivity contribution in [2.75, 3.05) is 5.32 Å². The van der Waals surface area contributed by atoms with Crippen molar-refractivity contribution in [3.8, 4) is 0 Å². The van der Waals surface area contributed by atoms with Crippen molar-refractivity contribution in [1.29, 1.82) is 0 Å². The molecular formula is C16H13ClN2. The molecule has 0 aliphatic rings. The lowest BCUT2D eigenvalue weighted by Crippen LogP contribution is -1.99. The van der Waals surface area contributed by atoms with Crippen LogP contribution in [-0.4, -0.2) is 4.98 Å². The van der Waals surface area contributed by atoms with Gasteiger partial charge in [0.05, 0.1) is 0 Å². The standard InChI is InChI=1S/C16H13ClN2/c17-15-2-1-3-16(9-15)19-10-12-4-5-14-11-18-7-6-13(14)8-12/h1-9,11,19H,10H2. The third-order valence-electron chi connectivity index (χ3n) is 3.03. The van der Waals surface area contributed by atoms with E-state index in [9.17, 15) is 0 Å². The van der Waals surface area contributed by atoms with Crippen LogP contribution >= 0.6 is 11.6 Å². The molecule has 19 heavy (non-hydrogen) atoms. The van der Waals surface area contributed by atoms with Gasteiger partial charge in [0.25, 0.3) is 0 Å². The summed E-state index contributed by atoms with van der Waals surface area (Å²) in [5.74, 6) is 0. The number of fused-ring (bicyclic) bond motifs is 1. The Kier molecular flexibility index (Phi) is 3.34. The quantitative estimate of drug-likeness (QED) is 0.756. The third kappa shape index (κ3) is 2.85. The van der Waals surface area contributed by atoms with Gasteiger partial charge in [-0.05, 0) is 41.3 Å². The molecule has 0 amide bonds. The Hall–Kier alpha value is -2.06. The fraction of sp³-hybridized carbons (Fsp3) is 0.0625. The first-order valence-electron chi connectivity index (χ1n) is 6.13. The third-order valence-corrected chi connectivity index (χ3v) is 3.26. The molecular weight excluding hydrogens is 256 g/mol. The summed E-state index contributed by atoms with van der Waals surface area (Å²) in [5, 5.41) is 6.48. The second kappa shape index (κ2) is 5.29. The predicted octanol–water partition coefficient (Wildman–Crippen LogP) is 4.50. The predicted molar refractivity (Wildman–Crippen MR) is 80.5 cm³/mol. The Labute approximate surface area is 117 Å². The van der Waals surface area contributed by atoms with Crippen molar-refractivity contribution in [1.82, 2.24) is 4.98 Å². The smallest absolute Gasteiger partial charge is 0.0426 e. The van der Waals surface area contributed by atoms with Crippen LogP contribution < -0.4 is 5.32 Å². The molecule has 2 nitrogen and oxygen atoms in total. The molecule has 0 atom stereocenters. The largest absolute Gasteiger partial charge is 0.381 e. The van der Waals surface area contributed by atoms with E-state index < -0.39 is 0 Å². The van der Waals surface area contributed by atoms with Gasteiger partial charge in [0.2, 0.25) is 0 Å². The van der Waals surface area contributed by atoms with Gasteiger partial charge in [0.15, 0.2) is 0 Å². The van der Waals surface area contributed by atoms with Gasteiger partial charge in [0, 0.05) is 35.0 Å². The molecule has 3 heteroatoms. The van der Waals surface area contributed by atoms with Crippen LogP contribution in [0.5, 0.6) is 0 Å². The van der Waals surface area contributed by atoms with Crippen molar-refractivity contribution in [2.24, 2.45) is 0 Å². The lowest BCUT2D eigenvalue weighted by Gasteiger charge is -2.07. The lowest BCUT2D eigenvalue weighted by molar-refractivity contribution is 1.15. The summed E-state index contributed by atoms with van der Waals surface area (Å²) < 4.78 is 0. The van der Waals surface area contributed by atoms with E-state index in [-0.39, 0.29) is 0 Å². The van der Waals surface area contributed by atoms with Crippen LogP contribution in [0.25, 0.3) is 10.8 Å². The van der Waals surface area contributed by atoms with Crippen molar-refractivity contribution in [3.05, 3.63) is 71.5 Å². The Morgan fingerprint density at radius 1 is 1.00 bits per heavy atom. The normalized spacial score (nSPS) is 10.6. The molecule has 3 rings (SSSR count). The highest BCUT2D eigenvalue weighted by atomic mass is 35.5. The number of benzene rings is 2. The first kappa shape index (κ1) is 12.0. The summed E-state index contributed by atoms with van der Waals surface area (Å²) in [5.41, 5.74) is 2.26. The van der Waals surface area contributed by atoms with E-state index in [4.69, 9.17) is 11.6 Å². The molecule has 0 aliphatic heterocycles. The van der Waals surface area contributed by atoms with E-state index in [0.29, 0.717) is 0 Å². The highest BCUT2D eigenvalue weighted by molar-refractivity contribution is 6.30. The van der Waals surface area contributed by atoms with E-state index in [2.05, 4.69) is 28.5 Å². The van der Waals surface area contributed by atoms with Crippen LogP contribution in [0, 0.1) is 0 Å². The summed E-state index contributed by atoms with van der Waals surface area (Å²) in [6.45, 7) is 0.776. The van der Waals surface area contributed by atoms with Gasteiger partial charge in [-0.2, -0.15) is 0 Å². The molecule has 0 bridgehead atoms.